The average molecular weight is 406 g/mol. The lowest BCUT2D eigenvalue weighted by atomic mass is 10.1. The smallest absolute Gasteiger partial charge is 0.262 e. The van der Waals surface area contributed by atoms with Crippen molar-refractivity contribution in [2.45, 2.75) is 32.6 Å². The van der Waals surface area contributed by atoms with Gasteiger partial charge in [0.15, 0.2) is 0 Å². The number of hydrogen-bond donors (Lipinski definition) is 1. The van der Waals surface area contributed by atoms with Gasteiger partial charge in [-0.1, -0.05) is 35.9 Å². The number of rotatable bonds is 4. The highest BCUT2D eigenvalue weighted by molar-refractivity contribution is 7.92. The van der Waals surface area contributed by atoms with Crippen molar-refractivity contribution in [1.29, 1.82) is 0 Å². The predicted molar refractivity (Wildman–Crippen MR) is 117 cm³/mol. The van der Waals surface area contributed by atoms with Crippen LogP contribution in [0.1, 0.15) is 22.3 Å². The summed E-state index contributed by atoms with van der Waals surface area (Å²) in [5, 5.41) is 0. The molecule has 0 atom stereocenters. The lowest BCUT2D eigenvalue weighted by molar-refractivity contribution is 0.600. The number of pyridine rings is 1. The van der Waals surface area contributed by atoms with E-state index in [1.165, 1.54) is 0 Å². The number of hydrogen-bond acceptors (Lipinski definition) is 3. The largest absolute Gasteiger partial charge is 0.306 e. The molecule has 0 unspecified atom stereocenters. The normalized spacial score (nSPS) is 11.7. The van der Waals surface area contributed by atoms with Crippen molar-refractivity contribution in [1.82, 2.24) is 9.38 Å². The Morgan fingerprint density at radius 2 is 1.55 bits per heavy atom. The van der Waals surface area contributed by atoms with Crippen molar-refractivity contribution in [2.75, 3.05) is 4.72 Å². The first-order valence-electron chi connectivity index (χ1n) is 9.40. The van der Waals surface area contributed by atoms with Gasteiger partial charge in [0, 0.05) is 23.6 Å². The number of sulfonamides is 1. The van der Waals surface area contributed by atoms with Gasteiger partial charge in [0.2, 0.25) is 0 Å². The zero-order chi connectivity index (χ0) is 20.8. The number of nitrogens with one attached hydrogen (secondary N) is 1. The van der Waals surface area contributed by atoms with E-state index < -0.39 is 10.0 Å². The molecule has 5 nitrogen and oxygen atoms in total. The molecule has 29 heavy (non-hydrogen) atoms. The summed E-state index contributed by atoms with van der Waals surface area (Å²) in [5.74, 6) is 0. The van der Waals surface area contributed by atoms with Crippen molar-refractivity contribution >= 4 is 21.4 Å². The van der Waals surface area contributed by atoms with Crippen molar-refractivity contribution in [3.8, 4) is 11.3 Å². The Labute approximate surface area is 171 Å². The molecule has 0 aliphatic rings. The van der Waals surface area contributed by atoms with E-state index in [1.807, 2.05) is 80.9 Å². The molecule has 2 aromatic heterocycles. The van der Waals surface area contributed by atoms with Crippen molar-refractivity contribution in [2.24, 2.45) is 0 Å². The minimum absolute atomic E-state index is 0.336. The average Bonchev–Trinajstić information content (AvgIpc) is 3.06. The first-order valence-corrected chi connectivity index (χ1v) is 10.9. The van der Waals surface area contributed by atoms with Crippen molar-refractivity contribution in [3.63, 3.8) is 0 Å². The predicted octanol–water partition coefficient (Wildman–Crippen LogP) is 5.04. The van der Waals surface area contributed by atoms with E-state index in [-0.39, 0.29) is 0 Å². The number of aromatic nitrogens is 2. The van der Waals surface area contributed by atoms with Gasteiger partial charge in [0.05, 0.1) is 10.6 Å². The molecule has 2 heterocycles. The van der Waals surface area contributed by atoms with Crippen LogP contribution in [0.5, 0.6) is 0 Å². The first kappa shape index (κ1) is 19.2. The van der Waals surface area contributed by atoms with Crippen molar-refractivity contribution in [3.05, 3.63) is 83.2 Å². The number of fused-ring (bicyclic) bond motifs is 1. The lowest BCUT2D eigenvalue weighted by Gasteiger charge is -2.14. The van der Waals surface area contributed by atoms with Gasteiger partial charge < -0.3 is 4.40 Å². The summed E-state index contributed by atoms with van der Waals surface area (Å²) >= 11 is 0. The molecule has 0 saturated carbocycles. The van der Waals surface area contributed by atoms with E-state index in [0.29, 0.717) is 10.6 Å². The third-order valence-corrected chi connectivity index (χ3v) is 6.67. The zero-order valence-corrected chi connectivity index (χ0v) is 17.7. The second-order valence-corrected chi connectivity index (χ2v) is 9.08. The van der Waals surface area contributed by atoms with Crippen LogP contribution in [0.3, 0.4) is 0 Å². The third kappa shape index (κ3) is 3.63. The van der Waals surface area contributed by atoms with Gasteiger partial charge in [-0.15, -0.1) is 0 Å². The monoisotopic (exact) mass is 405 g/mol. The molecule has 0 radical (unpaired) electrons. The fourth-order valence-corrected chi connectivity index (χ4v) is 5.31. The van der Waals surface area contributed by atoms with Crippen LogP contribution in [-0.4, -0.2) is 17.8 Å². The number of nitrogens with zero attached hydrogens (tertiary/aromatic N) is 2. The molecule has 0 aliphatic carbocycles. The Morgan fingerprint density at radius 1 is 0.897 bits per heavy atom. The van der Waals surface area contributed by atoms with Crippen LogP contribution in [0.2, 0.25) is 0 Å². The number of imidazole rings is 1. The van der Waals surface area contributed by atoms with E-state index in [2.05, 4.69) is 4.72 Å². The Hall–Kier alpha value is -3.12. The molecule has 4 rings (SSSR count). The number of anilines is 1. The fourth-order valence-electron chi connectivity index (χ4n) is 3.80. The van der Waals surface area contributed by atoms with Gasteiger partial charge in [-0.25, -0.2) is 13.4 Å². The molecule has 0 saturated heterocycles. The Morgan fingerprint density at radius 3 is 2.17 bits per heavy atom. The van der Waals surface area contributed by atoms with E-state index in [4.69, 9.17) is 4.98 Å². The molecule has 1 N–H and O–H groups in total. The van der Waals surface area contributed by atoms with Crippen LogP contribution in [-0.2, 0) is 10.0 Å². The molecular weight excluding hydrogens is 382 g/mol. The molecule has 0 spiro atoms. The summed E-state index contributed by atoms with van der Waals surface area (Å²) in [6.45, 7) is 7.63. The van der Waals surface area contributed by atoms with Crippen LogP contribution < -0.4 is 4.72 Å². The molecule has 4 aromatic rings. The van der Waals surface area contributed by atoms with Crippen LogP contribution in [0.15, 0.2) is 65.8 Å². The number of aryl methyl sites for hydroxylation is 4. The summed E-state index contributed by atoms with van der Waals surface area (Å²) in [6.07, 6.45) is 3.94. The maximum Gasteiger partial charge on any atom is 0.262 e. The SMILES string of the molecule is Cc1cc(C)c(S(=O)(=O)Nc2ccc(-c3cn4cccc(C)c4n3)cc2)c(C)c1. The summed E-state index contributed by atoms with van der Waals surface area (Å²) < 4.78 is 30.6. The summed E-state index contributed by atoms with van der Waals surface area (Å²) in [4.78, 5) is 5.03. The molecule has 2 aromatic carbocycles. The standard InChI is InChI=1S/C23H23N3O2S/c1-15-12-17(3)22(18(4)13-15)29(27,28)25-20-9-7-19(8-10-20)21-14-26-11-5-6-16(2)23(26)24-21/h5-14,25H,1-4H3. The van der Waals surface area contributed by atoms with Gasteiger partial charge in [-0.3, -0.25) is 4.72 Å². The minimum Gasteiger partial charge on any atom is -0.306 e. The molecule has 0 amide bonds. The molecule has 0 fully saturated rings. The quantitative estimate of drug-likeness (QED) is 0.518. The van der Waals surface area contributed by atoms with Crippen LogP contribution in [0.4, 0.5) is 5.69 Å². The second-order valence-electron chi connectivity index (χ2n) is 7.46. The first-order chi connectivity index (χ1) is 13.7. The van der Waals surface area contributed by atoms with E-state index >= 15 is 0 Å². The topological polar surface area (TPSA) is 63.5 Å². The highest BCUT2D eigenvalue weighted by atomic mass is 32.2. The third-order valence-electron chi connectivity index (χ3n) is 4.98. The maximum atomic E-state index is 12.9. The van der Waals surface area contributed by atoms with Crippen molar-refractivity contribution < 1.29 is 8.42 Å². The molecule has 6 heteroatoms. The summed E-state index contributed by atoms with van der Waals surface area (Å²) in [7, 11) is -3.66. The summed E-state index contributed by atoms with van der Waals surface area (Å²) in [5.41, 5.74) is 6.85. The van der Waals surface area contributed by atoms with E-state index in [1.54, 1.807) is 12.1 Å². The van der Waals surface area contributed by atoms with E-state index in [9.17, 15) is 8.42 Å². The minimum atomic E-state index is -3.66. The van der Waals surface area contributed by atoms with Gasteiger partial charge in [0.1, 0.15) is 5.65 Å². The van der Waals surface area contributed by atoms with E-state index in [0.717, 1.165) is 39.2 Å². The van der Waals surface area contributed by atoms with Gasteiger partial charge in [0.25, 0.3) is 10.0 Å². The van der Waals surface area contributed by atoms with Crippen LogP contribution >= 0.6 is 0 Å². The molecule has 0 aliphatic heterocycles. The van der Waals surface area contributed by atoms with Gasteiger partial charge >= 0.3 is 0 Å². The fraction of sp³-hybridized carbons (Fsp3) is 0.174. The number of benzene rings is 2. The maximum absolute atomic E-state index is 12.9. The molecular formula is C23H23N3O2S. The zero-order valence-electron chi connectivity index (χ0n) is 16.9. The Balaban J connectivity index is 1.63. The lowest BCUT2D eigenvalue weighted by Crippen LogP contribution is -2.15. The molecule has 148 valence electrons. The van der Waals surface area contributed by atoms with Crippen LogP contribution in [0, 0.1) is 27.7 Å². The molecule has 0 bridgehead atoms. The Bertz CT molecular complexity index is 1300. The van der Waals surface area contributed by atoms with Gasteiger partial charge in [-0.2, -0.15) is 0 Å². The highest BCUT2D eigenvalue weighted by Crippen LogP contribution is 2.26. The Kier molecular flexibility index (Phi) is 4.67. The highest BCUT2D eigenvalue weighted by Gasteiger charge is 2.20. The second kappa shape index (κ2) is 7.04. The summed E-state index contributed by atoms with van der Waals surface area (Å²) in [6, 6.07) is 15.1. The van der Waals surface area contributed by atoms with Gasteiger partial charge in [-0.05, 0) is 62.6 Å². The van der Waals surface area contributed by atoms with Crippen LogP contribution in [0.25, 0.3) is 16.9 Å².